The number of hydrogen-bond donors (Lipinski definition) is 2. The lowest BCUT2D eigenvalue weighted by Gasteiger charge is -2.09. The average molecular weight is 267 g/mol. The molecule has 0 atom stereocenters. The van der Waals surface area contributed by atoms with E-state index in [1.165, 1.54) is 11.1 Å². The molecule has 102 valence electrons. The highest BCUT2D eigenvalue weighted by atomic mass is 15.3. The molecule has 0 saturated carbocycles. The normalized spacial score (nSPS) is 10.8. The lowest BCUT2D eigenvalue weighted by molar-refractivity contribution is 0.926. The van der Waals surface area contributed by atoms with Gasteiger partial charge in [-0.25, -0.2) is 4.98 Å². The van der Waals surface area contributed by atoms with Gasteiger partial charge >= 0.3 is 0 Å². The van der Waals surface area contributed by atoms with Crippen molar-refractivity contribution in [3.05, 3.63) is 53.9 Å². The SMILES string of the molecule is Cc1cc(NCCc2ccc(N)cc2)n2ncnc2c1. The maximum atomic E-state index is 5.68. The van der Waals surface area contributed by atoms with Crippen LogP contribution in [-0.2, 0) is 6.42 Å². The number of nitrogens with two attached hydrogens (primary N) is 1. The number of benzene rings is 1. The van der Waals surface area contributed by atoms with Gasteiger partial charge in [-0.2, -0.15) is 9.61 Å². The number of pyridine rings is 1. The van der Waals surface area contributed by atoms with Crippen LogP contribution < -0.4 is 11.1 Å². The summed E-state index contributed by atoms with van der Waals surface area (Å²) in [5.41, 5.74) is 9.76. The molecule has 0 amide bonds. The second kappa shape index (κ2) is 5.21. The zero-order valence-electron chi connectivity index (χ0n) is 11.4. The van der Waals surface area contributed by atoms with Gasteiger partial charge in [0.05, 0.1) is 0 Å². The third-order valence-corrected chi connectivity index (χ3v) is 3.22. The molecule has 3 rings (SSSR count). The van der Waals surface area contributed by atoms with Crippen LogP contribution in [0.2, 0.25) is 0 Å². The first-order valence-electron chi connectivity index (χ1n) is 6.61. The number of nitrogens with zero attached hydrogens (tertiary/aromatic N) is 3. The minimum Gasteiger partial charge on any atom is -0.399 e. The summed E-state index contributed by atoms with van der Waals surface area (Å²) >= 11 is 0. The van der Waals surface area contributed by atoms with Gasteiger partial charge in [-0.3, -0.25) is 0 Å². The van der Waals surface area contributed by atoms with Crippen molar-refractivity contribution in [3.8, 4) is 0 Å². The molecule has 0 radical (unpaired) electrons. The number of nitrogen functional groups attached to an aromatic ring is 1. The first kappa shape index (κ1) is 12.5. The first-order valence-corrected chi connectivity index (χ1v) is 6.61. The molecule has 5 nitrogen and oxygen atoms in total. The zero-order valence-corrected chi connectivity index (χ0v) is 11.4. The Balaban J connectivity index is 1.70. The molecular formula is C15H17N5. The highest BCUT2D eigenvalue weighted by molar-refractivity contribution is 5.51. The van der Waals surface area contributed by atoms with Gasteiger partial charge < -0.3 is 11.1 Å². The Kier molecular flexibility index (Phi) is 3.25. The number of anilines is 2. The maximum absolute atomic E-state index is 5.68. The average Bonchev–Trinajstić information content (AvgIpc) is 2.89. The zero-order chi connectivity index (χ0) is 13.9. The van der Waals surface area contributed by atoms with Gasteiger partial charge in [-0.05, 0) is 48.7 Å². The van der Waals surface area contributed by atoms with Crippen LogP contribution in [0.1, 0.15) is 11.1 Å². The molecule has 1 aromatic carbocycles. The van der Waals surface area contributed by atoms with E-state index in [-0.39, 0.29) is 0 Å². The van der Waals surface area contributed by atoms with E-state index in [9.17, 15) is 0 Å². The fourth-order valence-corrected chi connectivity index (χ4v) is 2.20. The number of aromatic nitrogens is 3. The number of hydrogen-bond acceptors (Lipinski definition) is 4. The van der Waals surface area contributed by atoms with Crippen LogP contribution in [-0.4, -0.2) is 21.1 Å². The fraction of sp³-hybridized carbons (Fsp3) is 0.200. The van der Waals surface area contributed by atoms with Gasteiger partial charge in [-0.15, -0.1) is 0 Å². The topological polar surface area (TPSA) is 68.2 Å². The molecule has 0 spiro atoms. The van der Waals surface area contributed by atoms with Crippen molar-refractivity contribution in [1.29, 1.82) is 0 Å². The van der Waals surface area contributed by atoms with Gasteiger partial charge in [0.25, 0.3) is 0 Å². The number of fused-ring (bicyclic) bond motifs is 1. The van der Waals surface area contributed by atoms with E-state index in [1.807, 2.05) is 22.7 Å². The minimum absolute atomic E-state index is 0.796. The summed E-state index contributed by atoms with van der Waals surface area (Å²) in [4.78, 5) is 4.21. The minimum atomic E-state index is 0.796. The Morgan fingerprint density at radius 2 is 2.00 bits per heavy atom. The van der Waals surface area contributed by atoms with Gasteiger partial charge in [0.1, 0.15) is 12.1 Å². The standard InChI is InChI=1S/C15H17N5/c1-11-8-14(20-15(9-11)18-10-19-20)17-7-6-12-2-4-13(16)5-3-12/h2-5,8-10,17H,6-7,16H2,1H3. The highest BCUT2D eigenvalue weighted by Gasteiger charge is 2.03. The molecule has 0 fully saturated rings. The molecule has 0 saturated heterocycles. The summed E-state index contributed by atoms with van der Waals surface area (Å²) in [5.74, 6) is 0.966. The van der Waals surface area contributed by atoms with Crippen molar-refractivity contribution in [2.24, 2.45) is 0 Å². The van der Waals surface area contributed by atoms with Crippen molar-refractivity contribution in [2.45, 2.75) is 13.3 Å². The van der Waals surface area contributed by atoms with Crippen LogP contribution in [0.15, 0.2) is 42.7 Å². The van der Waals surface area contributed by atoms with Crippen LogP contribution in [0.3, 0.4) is 0 Å². The van der Waals surface area contributed by atoms with E-state index in [2.05, 4.69) is 40.5 Å². The largest absolute Gasteiger partial charge is 0.399 e. The summed E-state index contributed by atoms with van der Waals surface area (Å²) in [5, 5.41) is 7.63. The lowest BCUT2D eigenvalue weighted by Crippen LogP contribution is -2.09. The van der Waals surface area contributed by atoms with Crippen molar-refractivity contribution in [1.82, 2.24) is 14.6 Å². The number of rotatable bonds is 4. The Hall–Kier alpha value is -2.56. The summed E-state index contributed by atoms with van der Waals surface area (Å²) in [7, 11) is 0. The molecule has 0 aliphatic rings. The third kappa shape index (κ3) is 2.56. The molecule has 5 heteroatoms. The summed E-state index contributed by atoms with van der Waals surface area (Å²) in [6.07, 6.45) is 2.50. The smallest absolute Gasteiger partial charge is 0.157 e. The van der Waals surface area contributed by atoms with Crippen molar-refractivity contribution in [2.75, 3.05) is 17.6 Å². The van der Waals surface area contributed by atoms with Crippen LogP contribution in [0.5, 0.6) is 0 Å². The van der Waals surface area contributed by atoms with Gasteiger partial charge in [-0.1, -0.05) is 12.1 Å². The van der Waals surface area contributed by atoms with Crippen molar-refractivity contribution >= 4 is 17.2 Å². The molecule has 0 unspecified atom stereocenters. The van der Waals surface area contributed by atoms with Gasteiger partial charge in [0.2, 0.25) is 0 Å². The highest BCUT2D eigenvalue weighted by Crippen LogP contribution is 2.13. The second-order valence-corrected chi connectivity index (χ2v) is 4.87. The monoisotopic (exact) mass is 267 g/mol. The van der Waals surface area contributed by atoms with Gasteiger partial charge in [0, 0.05) is 12.2 Å². The summed E-state index contributed by atoms with van der Waals surface area (Å²) in [6.45, 7) is 2.89. The van der Waals surface area contributed by atoms with Crippen molar-refractivity contribution in [3.63, 3.8) is 0 Å². The molecule has 0 bridgehead atoms. The predicted molar refractivity (Wildman–Crippen MR) is 80.8 cm³/mol. The van der Waals surface area contributed by atoms with Crippen LogP contribution in [0.25, 0.3) is 5.65 Å². The Labute approximate surface area is 117 Å². The molecule has 2 aromatic heterocycles. The fourth-order valence-electron chi connectivity index (χ4n) is 2.20. The van der Waals surface area contributed by atoms with Crippen LogP contribution in [0.4, 0.5) is 11.5 Å². The molecular weight excluding hydrogens is 250 g/mol. The second-order valence-electron chi connectivity index (χ2n) is 4.87. The molecule has 2 heterocycles. The Bertz CT molecular complexity index is 715. The molecule has 3 aromatic rings. The van der Waals surface area contributed by atoms with E-state index >= 15 is 0 Å². The van der Waals surface area contributed by atoms with Gasteiger partial charge in [0.15, 0.2) is 5.65 Å². The van der Waals surface area contributed by atoms with Crippen LogP contribution >= 0.6 is 0 Å². The summed E-state index contributed by atoms with van der Waals surface area (Å²) in [6, 6.07) is 12.1. The quantitative estimate of drug-likeness (QED) is 0.712. The third-order valence-electron chi connectivity index (χ3n) is 3.22. The van der Waals surface area contributed by atoms with E-state index in [0.717, 1.165) is 30.1 Å². The van der Waals surface area contributed by atoms with Crippen LogP contribution in [0, 0.1) is 6.92 Å². The van der Waals surface area contributed by atoms with E-state index < -0.39 is 0 Å². The van der Waals surface area contributed by atoms with E-state index in [0.29, 0.717) is 0 Å². The Morgan fingerprint density at radius 3 is 2.80 bits per heavy atom. The van der Waals surface area contributed by atoms with E-state index in [4.69, 9.17) is 5.73 Å². The lowest BCUT2D eigenvalue weighted by atomic mass is 10.1. The molecule has 3 N–H and O–H groups in total. The number of aryl methyl sites for hydroxylation is 1. The van der Waals surface area contributed by atoms with E-state index in [1.54, 1.807) is 6.33 Å². The summed E-state index contributed by atoms with van der Waals surface area (Å²) < 4.78 is 1.82. The Morgan fingerprint density at radius 1 is 1.20 bits per heavy atom. The molecule has 0 aliphatic carbocycles. The first-order chi connectivity index (χ1) is 9.72. The maximum Gasteiger partial charge on any atom is 0.157 e. The molecule has 20 heavy (non-hydrogen) atoms. The predicted octanol–water partition coefficient (Wildman–Crippen LogP) is 2.27. The molecule has 0 aliphatic heterocycles. The van der Waals surface area contributed by atoms with Crippen molar-refractivity contribution < 1.29 is 0 Å². The number of nitrogens with one attached hydrogen (secondary N) is 1.